The summed E-state index contributed by atoms with van der Waals surface area (Å²) < 4.78 is 2.74. The minimum Gasteiger partial charge on any atom is -0.256 e. The summed E-state index contributed by atoms with van der Waals surface area (Å²) in [7, 11) is -1.31. The van der Waals surface area contributed by atoms with Gasteiger partial charge in [-0.05, 0) is 36.5 Å². The van der Waals surface area contributed by atoms with E-state index < -0.39 is 8.07 Å². The van der Waals surface area contributed by atoms with E-state index in [0.717, 1.165) is 11.6 Å². The number of hydrogen-bond acceptors (Lipinski definition) is 2. The Morgan fingerprint density at radius 1 is 0.962 bits per heavy atom. The molecule has 4 aromatic rings. The fraction of sp³-hybridized carbons (Fsp3) is 0.261. The number of aromatic nitrogens is 1. The van der Waals surface area contributed by atoms with Gasteiger partial charge in [-0.3, -0.25) is 4.98 Å². The summed E-state index contributed by atoms with van der Waals surface area (Å²) in [4.78, 5) is 4.80. The zero-order valence-electron chi connectivity index (χ0n) is 15.5. The topological polar surface area (TPSA) is 12.9 Å². The van der Waals surface area contributed by atoms with Gasteiger partial charge in [0.15, 0.2) is 0 Å². The van der Waals surface area contributed by atoms with E-state index in [-0.39, 0.29) is 0 Å². The molecule has 2 aromatic heterocycles. The summed E-state index contributed by atoms with van der Waals surface area (Å²) >= 11 is 1.90. The first-order chi connectivity index (χ1) is 12.5. The molecular weight excluding hydrogens is 350 g/mol. The zero-order valence-corrected chi connectivity index (χ0v) is 17.4. The largest absolute Gasteiger partial charge is 0.256 e. The van der Waals surface area contributed by atoms with Crippen LogP contribution in [0.1, 0.15) is 24.3 Å². The van der Waals surface area contributed by atoms with Gasteiger partial charge in [0.25, 0.3) is 0 Å². The molecule has 0 bridgehead atoms. The second kappa shape index (κ2) is 5.76. The molecule has 26 heavy (non-hydrogen) atoms. The monoisotopic (exact) mass is 373 g/mol. The van der Waals surface area contributed by atoms with Crippen LogP contribution in [0.3, 0.4) is 0 Å². The van der Waals surface area contributed by atoms with E-state index in [0.29, 0.717) is 0 Å². The number of pyridine rings is 1. The van der Waals surface area contributed by atoms with Crippen LogP contribution in [0.4, 0.5) is 0 Å². The molecule has 0 radical (unpaired) electrons. The smallest absolute Gasteiger partial charge is 0.0776 e. The third-order valence-corrected chi connectivity index (χ3v) is 8.74. The van der Waals surface area contributed by atoms with Gasteiger partial charge in [-0.1, -0.05) is 61.2 Å². The molecule has 1 saturated carbocycles. The normalized spacial score (nSPS) is 15.0. The molecule has 0 saturated heterocycles. The number of rotatable bonds is 3. The fourth-order valence-corrected chi connectivity index (χ4v) is 6.06. The highest BCUT2D eigenvalue weighted by Gasteiger charge is 2.24. The Morgan fingerprint density at radius 3 is 2.50 bits per heavy atom. The molecule has 1 aliphatic carbocycles. The molecule has 3 heteroatoms. The van der Waals surface area contributed by atoms with Gasteiger partial charge in [0.05, 0.1) is 13.8 Å². The van der Waals surface area contributed by atoms with Gasteiger partial charge < -0.3 is 0 Å². The van der Waals surface area contributed by atoms with Crippen molar-refractivity contribution in [2.24, 2.45) is 0 Å². The van der Waals surface area contributed by atoms with Crippen molar-refractivity contribution < 1.29 is 0 Å². The van der Waals surface area contributed by atoms with Crippen LogP contribution in [0.15, 0.2) is 54.7 Å². The third-order valence-electron chi connectivity index (χ3n) is 5.47. The summed E-state index contributed by atoms with van der Waals surface area (Å²) in [6, 6.07) is 18.2. The summed E-state index contributed by atoms with van der Waals surface area (Å²) in [5.74, 6) is 0.761. The predicted octanol–water partition coefficient (Wildman–Crippen LogP) is 6.54. The molecule has 130 valence electrons. The van der Waals surface area contributed by atoms with Gasteiger partial charge in [0.2, 0.25) is 0 Å². The van der Waals surface area contributed by atoms with Gasteiger partial charge in [-0.15, -0.1) is 11.3 Å². The Hall–Kier alpha value is -1.97. The van der Waals surface area contributed by atoms with E-state index in [1.54, 1.807) is 0 Å². The molecule has 0 spiro atoms. The lowest BCUT2D eigenvalue weighted by Crippen LogP contribution is -2.37. The first-order valence-corrected chi connectivity index (χ1v) is 13.7. The minimum atomic E-state index is -1.31. The molecular formula is C23H23NSSi. The van der Waals surface area contributed by atoms with Crippen LogP contribution in [0.25, 0.3) is 31.4 Å². The van der Waals surface area contributed by atoms with E-state index >= 15 is 0 Å². The number of nitrogens with zero attached hydrogens (tertiary/aromatic N) is 1. The maximum atomic E-state index is 4.80. The number of hydrogen-bond donors (Lipinski definition) is 0. The van der Waals surface area contributed by atoms with Crippen LogP contribution in [-0.4, -0.2) is 13.1 Å². The number of thiophene rings is 1. The van der Waals surface area contributed by atoms with Crippen molar-refractivity contribution in [2.45, 2.75) is 38.4 Å². The fourth-order valence-electron chi connectivity index (χ4n) is 3.69. The second-order valence-electron chi connectivity index (χ2n) is 8.50. The van der Waals surface area contributed by atoms with Gasteiger partial charge >= 0.3 is 0 Å². The quantitative estimate of drug-likeness (QED) is 0.372. The molecule has 1 fully saturated rings. The van der Waals surface area contributed by atoms with E-state index in [4.69, 9.17) is 4.98 Å². The first kappa shape index (κ1) is 16.2. The Labute approximate surface area is 159 Å². The summed E-state index contributed by atoms with van der Waals surface area (Å²) in [5.41, 5.74) is 3.76. The second-order valence-corrected chi connectivity index (χ2v) is 14.6. The Balaban J connectivity index is 1.68. The van der Waals surface area contributed by atoms with E-state index in [1.807, 2.05) is 11.3 Å². The van der Waals surface area contributed by atoms with E-state index in [2.05, 4.69) is 74.4 Å². The molecule has 2 heterocycles. The van der Waals surface area contributed by atoms with Crippen molar-refractivity contribution in [1.82, 2.24) is 4.98 Å². The van der Waals surface area contributed by atoms with Crippen LogP contribution >= 0.6 is 11.3 Å². The van der Waals surface area contributed by atoms with Gasteiger partial charge in [0, 0.05) is 31.9 Å². The Morgan fingerprint density at radius 2 is 1.81 bits per heavy atom. The van der Waals surface area contributed by atoms with E-state index in [9.17, 15) is 0 Å². The highest BCUT2D eigenvalue weighted by molar-refractivity contribution is 7.26. The summed E-state index contributed by atoms with van der Waals surface area (Å²) in [5, 5.41) is 4.30. The van der Waals surface area contributed by atoms with Crippen LogP contribution in [0, 0.1) is 0 Å². The van der Waals surface area contributed by atoms with Crippen LogP contribution in [-0.2, 0) is 0 Å². The Kier molecular flexibility index (Phi) is 3.60. The molecule has 0 aliphatic heterocycles. The lowest BCUT2D eigenvalue weighted by molar-refractivity contribution is 1.10. The van der Waals surface area contributed by atoms with Crippen molar-refractivity contribution in [3.63, 3.8) is 0 Å². The first-order valence-electron chi connectivity index (χ1n) is 9.43. The SMILES string of the molecule is C[Si](C)(C)c1ccc2sc3c(-c4ccc(C5CC5)cn4)cccc3c2c1. The average Bonchev–Trinajstić information content (AvgIpc) is 3.41. The van der Waals surface area contributed by atoms with Crippen molar-refractivity contribution >= 4 is 44.8 Å². The van der Waals surface area contributed by atoms with Crippen LogP contribution in [0.5, 0.6) is 0 Å². The summed E-state index contributed by atoms with van der Waals surface area (Å²) in [6.45, 7) is 7.25. The Bertz CT molecular complexity index is 1110. The molecule has 0 atom stereocenters. The maximum Gasteiger partial charge on any atom is 0.0776 e. The van der Waals surface area contributed by atoms with Crippen molar-refractivity contribution in [3.8, 4) is 11.3 Å². The number of benzene rings is 2. The average molecular weight is 374 g/mol. The van der Waals surface area contributed by atoms with Crippen molar-refractivity contribution in [1.29, 1.82) is 0 Å². The molecule has 0 unspecified atom stereocenters. The maximum absolute atomic E-state index is 4.80. The van der Waals surface area contributed by atoms with Crippen LogP contribution < -0.4 is 5.19 Å². The summed E-state index contributed by atoms with van der Waals surface area (Å²) in [6.07, 6.45) is 4.74. The molecule has 1 aliphatic rings. The zero-order chi connectivity index (χ0) is 17.9. The van der Waals surface area contributed by atoms with Gasteiger partial charge in [0.1, 0.15) is 0 Å². The van der Waals surface area contributed by atoms with E-state index in [1.165, 1.54) is 49.3 Å². The van der Waals surface area contributed by atoms with Crippen molar-refractivity contribution in [2.75, 3.05) is 0 Å². The molecule has 5 rings (SSSR count). The molecule has 1 nitrogen and oxygen atoms in total. The molecule has 0 N–H and O–H groups in total. The molecule has 0 amide bonds. The van der Waals surface area contributed by atoms with Gasteiger partial charge in [-0.2, -0.15) is 0 Å². The highest BCUT2D eigenvalue weighted by atomic mass is 32.1. The highest BCUT2D eigenvalue weighted by Crippen LogP contribution is 2.41. The lowest BCUT2D eigenvalue weighted by Gasteiger charge is -2.16. The number of fused-ring (bicyclic) bond motifs is 3. The molecule has 2 aromatic carbocycles. The van der Waals surface area contributed by atoms with Crippen molar-refractivity contribution in [3.05, 3.63) is 60.3 Å². The lowest BCUT2D eigenvalue weighted by atomic mass is 10.1. The van der Waals surface area contributed by atoms with Crippen LogP contribution in [0.2, 0.25) is 19.6 Å². The standard InChI is InChI=1S/C23H23NSSi/c1-26(2,3)17-10-12-22-20(13-17)18-5-4-6-19(23(18)25-22)21-11-9-16(14-24-21)15-7-8-15/h4-6,9-15H,7-8H2,1-3H3. The third kappa shape index (κ3) is 2.70. The minimum absolute atomic E-state index is 0.761. The predicted molar refractivity (Wildman–Crippen MR) is 118 cm³/mol. The van der Waals surface area contributed by atoms with Gasteiger partial charge in [-0.25, -0.2) is 0 Å².